The van der Waals surface area contributed by atoms with E-state index in [2.05, 4.69) is 30.3 Å². The number of esters is 6. The number of ether oxygens (including phenoxy) is 8. The SMILES string of the molecule is CCC(=O)O[C@H]1[C@H](c2ccc3c(N)ncnn23)O[C@](C#N)(CO[P@@](=O)(N[C@@H](C)C(=O)OCC2CC2)Oc2ccccc2)[C@H]1OC(=O)CC.CCC(=O)O[C@H]1[C@H](c2ccc3c(N)ncnn23)O[C@](C#N)(CO[P@](=O)(N[C@@H](C)C(=O)OCC2CC2)Oc2ccccc2)[C@H]1OC(=O)CC. The van der Waals surface area contributed by atoms with E-state index in [9.17, 15) is 48.4 Å². The van der Waals surface area contributed by atoms with Gasteiger partial charge in [-0.1, -0.05) is 64.1 Å². The maximum Gasteiger partial charge on any atom is 0.459 e. The number of nitrogens with two attached hydrogens (primary N) is 2. The maximum atomic E-state index is 14.3. The predicted octanol–water partition coefficient (Wildman–Crippen LogP) is 6.85. The molecule has 6 aromatic rings. The Balaban J connectivity index is 0.000000225. The number of anilines is 2. The van der Waals surface area contributed by atoms with E-state index in [4.69, 9.17) is 67.5 Å². The van der Waals surface area contributed by atoms with Crippen molar-refractivity contribution in [2.45, 2.75) is 153 Å². The highest BCUT2D eigenvalue weighted by molar-refractivity contribution is 7.52. The van der Waals surface area contributed by atoms with E-state index in [1.807, 2.05) is 12.1 Å². The van der Waals surface area contributed by atoms with Crippen molar-refractivity contribution < 1.29 is 93.9 Å². The topological polar surface area (TPSA) is 431 Å². The van der Waals surface area contributed by atoms with Gasteiger partial charge in [-0.25, -0.2) is 28.1 Å². The van der Waals surface area contributed by atoms with Crippen LogP contribution in [0.15, 0.2) is 97.6 Å². The predicted molar refractivity (Wildman–Crippen MR) is 334 cm³/mol. The first-order chi connectivity index (χ1) is 46.0. The molecule has 96 heavy (non-hydrogen) atoms. The molecule has 0 unspecified atom stereocenters. The molecule has 512 valence electrons. The Morgan fingerprint density at radius 1 is 0.573 bits per heavy atom. The van der Waals surface area contributed by atoms with Crippen molar-refractivity contribution in [2.24, 2.45) is 11.8 Å². The third kappa shape index (κ3) is 17.1. The van der Waals surface area contributed by atoms with Gasteiger partial charge in [0.25, 0.3) is 0 Å². The van der Waals surface area contributed by atoms with Crippen molar-refractivity contribution in [1.82, 2.24) is 39.4 Å². The number of carbonyl (C=O) groups is 6. The summed E-state index contributed by atoms with van der Waals surface area (Å²) < 4.78 is 101. The van der Waals surface area contributed by atoms with Gasteiger partial charge in [0.15, 0.2) is 36.1 Å². The smallest absolute Gasteiger partial charge is 0.459 e. The summed E-state index contributed by atoms with van der Waals surface area (Å²) in [6.07, 6.45) is -2.44. The van der Waals surface area contributed by atoms with Gasteiger partial charge in [-0.2, -0.15) is 30.9 Å². The average Bonchev–Trinajstić information content (AvgIpc) is 1.59. The van der Waals surface area contributed by atoms with E-state index in [-0.39, 0.29) is 73.4 Å². The Morgan fingerprint density at radius 2 is 0.927 bits per heavy atom. The Hall–Kier alpha value is -9.10. The number of hydrogen-bond acceptors (Lipinski definition) is 28. The highest BCUT2D eigenvalue weighted by Gasteiger charge is 2.64. The number of hydrogen-bond donors (Lipinski definition) is 4. The number of nitrogens with one attached hydrogen (secondary N) is 2. The molecule has 32 nitrogen and oxygen atoms in total. The number of carbonyl (C=O) groups excluding carboxylic acids is 6. The number of benzene rings is 2. The third-order valence-electron chi connectivity index (χ3n) is 15.5. The molecular weight excluding hydrogens is 1290 g/mol. The first-order valence-electron chi connectivity index (χ1n) is 31.0. The van der Waals surface area contributed by atoms with Crippen LogP contribution >= 0.6 is 15.5 Å². The van der Waals surface area contributed by atoms with Crippen LogP contribution in [0.1, 0.15) is 117 Å². The summed E-state index contributed by atoms with van der Waals surface area (Å²) >= 11 is 0. The van der Waals surface area contributed by atoms with Gasteiger partial charge in [-0.15, -0.1) is 0 Å². The molecule has 4 aliphatic rings. The molecule has 4 fully saturated rings. The first-order valence-corrected chi connectivity index (χ1v) is 34.1. The van der Waals surface area contributed by atoms with Crippen molar-refractivity contribution in [2.75, 3.05) is 37.9 Å². The van der Waals surface area contributed by atoms with E-state index >= 15 is 0 Å². The van der Waals surface area contributed by atoms with E-state index in [0.717, 1.165) is 25.7 Å². The fourth-order valence-corrected chi connectivity index (χ4v) is 13.0. The van der Waals surface area contributed by atoms with Crippen LogP contribution in [-0.2, 0) is 84.8 Å². The van der Waals surface area contributed by atoms with Gasteiger partial charge in [-0.3, -0.25) is 37.8 Å². The summed E-state index contributed by atoms with van der Waals surface area (Å²) in [7, 11) is -9.02. The number of rotatable bonds is 30. The second-order valence-electron chi connectivity index (χ2n) is 22.8. The van der Waals surface area contributed by atoms with Crippen LogP contribution in [0.2, 0.25) is 0 Å². The molecule has 4 aromatic heterocycles. The zero-order valence-corrected chi connectivity index (χ0v) is 55.1. The number of para-hydroxylation sites is 2. The minimum absolute atomic E-state index is 0.0451. The minimum Gasteiger partial charge on any atom is -0.464 e. The average molecular weight is 1370 g/mol. The number of nitrogens with zero attached hydrogens (tertiary/aromatic N) is 8. The second kappa shape index (κ2) is 31.2. The van der Waals surface area contributed by atoms with Crippen molar-refractivity contribution in [3.05, 3.63) is 109 Å². The number of nitrogen functional groups attached to an aromatic ring is 2. The molecule has 2 aromatic carbocycles. The van der Waals surface area contributed by atoms with Crippen molar-refractivity contribution in [1.29, 1.82) is 10.5 Å². The molecule has 6 N–H and O–H groups in total. The molecule has 0 bridgehead atoms. The summed E-state index contributed by atoms with van der Waals surface area (Å²) in [6, 6.07) is 24.2. The molecule has 2 aliphatic heterocycles. The first kappa shape index (κ1) is 71.2. The zero-order valence-electron chi connectivity index (χ0n) is 53.3. The quantitative estimate of drug-likeness (QED) is 0.0203. The molecule has 12 atom stereocenters. The van der Waals surface area contributed by atoms with Gasteiger partial charge < -0.3 is 58.4 Å². The van der Waals surface area contributed by atoms with Gasteiger partial charge in [-0.05, 0) is 99.9 Å². The van der Waals surface area contributed by atoms with Gasteiger partial charge in [0.1, 0.15) is 84.8 Å². The van der Waals surface area contributed by atoms with Crippen LogP contribution in [0.25, 0.3) is 11.0 Å². The van der Waals surface area contributed by atoms with E-state index in [1.165, 1.54) is 59.8 Å². The molecule has 2 saturated carbocycles. The maximum absolute atomic E-state index is 14.3. The second-order valence-corrected chi connectivity index (χ2v) is 26.2. The molecule has 2 aliphatic carbocycles. The molecule has 0 spiro atoms. The Labute approximate surface area is 550 Å². The van der Waals surface area contributed by atoms with Crippen LogP contribution in [0.5, 0.6) is 11.5 Å². The number of fused-ring (bicyclic) bond motifs is 2. The van der Waals surface area contributed by atoms with E-state index < -0.39 is 124 Å². The van der Waals surface area contributed by atoms with E-state index in [1.54, 1.807) is 88.4 Å². The van der Waals surface area contributed by atoms with Gasteiger partial charge in [0, 0.05) is 25.7 Å². The summed E-state index contributed by atoms with van der Waals surface area (Å²) in [6.45, 7) is 7.89. The zero-order chi connectivity index (χ0) is 69.0. The van der Waals surface area contributed by atoms with Crippen molar-refractivity contribution >= 4 is 74.0 Å². The fourth-order valence-electron chi connectivity index (χ4n) is 9.95. The van der Waals surface area contributed by atoms with Crippen LogP contribution < -0.4 is 30.7 Å². The van der Waals surface area contributed by atoms with Crippen molar-refractivity contribution in [3.8, 4) is 23.6 Å². The van der Waals surface area contributed by atoms with Crippen LogP contribution in [0, 0.1) is 34.5 Å². The summed E-state index contributed by atoms with van der Waals surface area (Å²) in [5, 5.41) is 35.0. The van der Waals surface area contributed by atoms with Gasteiger partial charge in [0.2, 0.25) is 11.2 Å². The lowest BCUT2D eigenvalue weighted by Gasteiger charge is -2.30. The van der Waals surface area contributed by atoms with Gasteiger partial charge >= 0.3 is 51.3 Å². The summed E-state index contributed by atoms with van der Waals surface area (Å²) in [4.78, 5) is 84.4. The lowest BCUT2D eigenvalue weighted by Crippen LogP contribution is -2.49. The lowest BCUT2D eigenvalue weighted by atomic mass is 9.95. The Morgan fingerprint density at radius 3 is 1.26 bits per heavy atom. The third-order valence-corrected chi connectivity index (χ3v) is 18.8. The molecular formula is C62H74N12O20P2. The largest absolute Gasteiger partial charge is 0.464 e. The molecule has 2 saturated heterocycles. The minimum atomic E-state index is -4.51. The Kier molecular flexibility index (Phi) is 23.1. The fraction of sp³-hybridized carbons (Fsp3) is 0.484. The summed E-state index contributed by atoms with van der Waals surface area (Å²) in [5.74, 6) is -3.03. The normalized spacial score (nSPS) is 23.8. The number of aromatic nitrogens is 6. The number of nitriles is 2. The van der Waals surface area contributed by atoms with E-state index in [0.29, 0.717) is 22.9 Å². The highest BCUT2D eigenvalue weighted by atomic mass is 31.2. The van der Waals surface area contributed by atoms with Crippen LogP contribution in [-0.4, -0.2) is 139 Å². The molecule has 10 rings (SSSR count). The molecule has 0 radical (unpaired) electrons. The Bertz CT molecular complexity index is 3710. The molecule has 0 amide bonds. The monoisotopic (exact) mass is 1370 g/mol. The van der Waals surface area contributed by atoms with Crippen LogP contribution in [0.4, 0.5) is 11.6 Å². The van der Waals surface area contributed by atoms with Gasteiger partial charge in [0.05, 0.1) is 24.6 Å². The van der Waals surface area contributed by atoms with Crippen LogP contribution in [0.3, 0.4) is 0 Å². The van der Waals surface area contributed by atoms with Crippen molar-refractivity contribution in [3.63, 3.8) is 0 Å². The molecule has 6 heterocycles. The lowest BCUT2D eigenvalue weighted by molar-refractivity contribution is -0.169. The summed E-state index contributed by atoms with van der Waals surface area (Å²) in [5.41, 5.74) is 9.00. The highest BCUT2D eigenvalue weighted by Crippen LogP contribution is 2.52. The standard InChI is InChI=1S/2C31H37N6O10P/c2*1-4-24(38)44-27-26(22-13-14-23-29(33)34-18-35-37(22)23)46-31(16-32,28(27)45-25(39)5-2)17-43-48(41,47-21-9-7-6-8-10-21)36-19(3)30(40)42-15-20-11-12-20/h2*6-10,13-14,18-20,26-28H,4-5,11-12,15,17H2,1-3H3,(H,36,41)(H2,33,34,35)/t19-,26-,27-,28-,31+,48+;19-,26-,27-,28-,31+,48-/m00/s1. The molecule has 34 heteroatoms.